The van der Waals surface area contributed by atoms with Gasteiger partial charge in [0.05, 0.1) is 7.11 Å². The van der Waals surface area contributed by atoms with Gasteiger partial charge in [0, 0.05) is 18.2 Å². The molecule has 0 radical (unpaired) electrons. The number of ether oxygens (including phenoxy) is 1. The van der Waals surface area contributed by atoms with Gasteiger partial charge >= 0.3 is 0 Å². The molecule has 0 fully saturated rings. The lowest BCUT2D eigenvalue weighted by molar-refractivity contribution is -0.109. The number of rotatable bonds is 4. The summed E-state index contributed by atoms with van der Waals surface area (Å²) in [5.41, 5.74) is 0.673. The number of methoxy groups -OCH3 is 1. The Balaban J connectivity index is 2.71. The van der Waals surface area contributed by atoms with Crippen LogP contribution in [0.5, 0.6) is 5.75 Å². The molecule has 2 nitrogen and oxygen atoms in total. The van der Waals surface area contributed by atoms with Crippen molar-refractivity contribution in [3.63, 3.8) is 0 Å². The summed E-state index contributed by atoms with van der Waals surface area (Å²) in [6, 6.07) is 4.32. The van der Waals surface area contributed by atoms with Crippen molar-refractivity contribution in [2.45, 2.75) is 6.92 Å². The molecule has 16 heavy (non-hydrogen) atoms. The summed E-state index contributed by atoms with van der Waals surface area (Å²) >= 11 is 1.21. The summed E-state index contributed by atoms with van der Waals surface area (Å²) in [7, 11) is 1.54. The topological polar surface area (TPSA) is 26.3 Å². The van der Waals surface area contributed by atoms with Crippen molar-refractivity contribution in [2.24, 2.45) is 0 Å². The lowest BCUT2D eigenvalue weighted by atomic mass is 10.2. The van der Waals surface area contributed by atoms with Crippen molar-refractivity contribution in [1.29, 1.82) is 0 Å². The Bertz CT molecular complexity index is 402. The second kappa shape index (κ2) is 6.33. The second-order valence-electron chi connectivity index (χ2n) is 3.09. The largest absolute Gasteiger partial charge is 0.496 e. The molecule has 0 aliphatic carbocycles. The van der Waals surface area contributed by atoms with Crippen LogP contribution in [-0.2, 0) is 4.79 Å². The number of carbonyl (C=O) groups is 1. The van der Waals surface area contributed by atoms with Crippen molar-refractivity contribution in [3.8, 4) is 5.75 Å². The quantitative estimate of drug-likeness (QED) is 0.808. The van der Waals surface area contributed by atoms with Gasteiger partial charge in [0.15, 0.2) is 5.12 Å². The van der Waals surface area contributed by atoms with E-state index in [0.29, 0.717) is 17.1 Å². The molecule has 0 N–H and O–H groups in total. The minimum atomic E-state index is -0.306. The fourth-order valence-electron chi connectivity index (χ4n) is 1.18. The second-order valence-corrected chi connectivity index (χ2v) is 4.29. The van der Waals surface area contributed by atoms with Crippen molar-refractivity contribution < 1.29 is 13.9 Å². The Hall–Kier alpha value is -1.29. The Kier molecular flexibility index (Phi) is 5.05. The van der Waals surface area contributed by atoms with Gasteiger partial charge in [-0.05, 0) is 18.2 Å². The number of thioether (sulfide) groups is 1. The number of carbonyl (C=O) groups excluding carboxylic acids is 1. The van der Waals surface area contributed by atoms with Crippen LogP contribution in [0.1, 0.15) is 12.5 Å². The van der Waals surface area contributed by atoms with Crippen LogP contribution in [0.2, 0.25) is 0 Å². The predicted molar refractivity (Wildman–Crippen MR) is 65.1 cm³/mol. The predicted octanol–water partition coefficient (Wildman–Crippen LogP) is 3.13. The fourth-order valence-corrected chi connectivity index (χ4v) is 1.60. The van der Waals surface area contributed by atoms with Crippen LogP contribution in [0.25, 0.3) is 6.08 Å². The smallest absolute Gasteiger partial charge is 0.186 e. The zero-order valence-corrected chi connectivity index (χ0v) is 10.0. The highest BCUT2D eigenvalue weighted by Crippen LogP contribution is 2.20. The highest BCUT2D eigenvalue weighted by atomic mass is 32.2. The van der Waals surface area contributed by atoms with Crippen molar-refractivity contribution in [2.75, 3.05) is 12.9 Å². The summed E-state index contributed by atoms with van der Waals surface area (Å²) in [6.07, 6.45) is 3.56. The molecule has 0 unspecified atom stereocenters. The summed E-state index contributed by atoms with van der Waals surface area (Å²) in [5, 5.41) is 0.0656. The Morgan fingerprint density at radius 1 is 1.56 bits per heavy atom. The first kappa shape index (κ1) is 12.8. The molecule has 0 bridgehead atoms. The van der Waals surface area contributed by atoms with Gasteiger partial charge in [-0.15, -0.1) is 0 Å². The van der Waals surface area contributed by atoms with E-state index in [1.165, 1.54) is 37.9 Å². The molecule has 0 aliphatic rings. The molecule has 0 atom stereocenters. The Morgan fingerprint density at radius 3 is 2.94 bits per heavy atom. The molecule has 1 aromatic carbocycles. The average molecular weight is 240 g/mol. The van der Waals surface area contributed by atoms with E-state index in [4.69, 9.17) is 4.74 Å². The molecule has 0 saturated heterocycles. The van der Waals surface area contributed by atoms with E-state index in [9.17, 15) is 9.18 Å². The van der Waals surface area contributed by atoms with Gasteiger partial charge < -0.3 is 4.74 Å². The lowest BCUT2D eigenvalue weighted by Gasteiger charge is -2.03. The third-order valence-electron chi connectivity index (χ3n) is 1.87. The molecular weight excluding hydrogens is 227 g/mol. The molecule has 0 aliphatic heterocycles. The number of hydrogen-bond donors (Lipinski definition) is 0. The van der Waals surface area contributed by atoms with Crippen molar-refractivity contribution in [3.05, 3.63) is 35.7 Å². The van der Waals surface area contributed by atoms with Crippen LogP contribution in [0.15, 0.2) is 24.3 Å². The van der Waals surface area contributed by atoms with Crippen LogP contribution in [0, 0.1) is 5.82 Å². The molecule has 4 heteroatoms. The Morgan fingerprint density at radius 2 is 2.31 bits per heavy atom. The number of hydrogen-bond acceptors (Lipinski definition) is 3. The van der Waals surface area contributed by atoms with Crippen LogP contribution >= 0.6 is 11.8 Å². The van der Waals surface area contributed by atoms with Crippen molar-refractivity contribution >= 4 is 23.0 Å². The minimum absolute atomic E-state index is 0.0656. The molecular formula is C12H13FO2S. The van der Waals surface area contributed by atoms with Crippen LogP contribution in [-0.4, -0.2) is 18.0 Å². The molecule has 0 heterocycles. The Labute approximate surface area is 98.5 Å². The van der Waals surface area contributed by atoms with Gasteiger partial charge in [-0.2, -0.15) is 0 Å². The van der Waals surface area contributed by atoms with Crippen LogP contribution < -0.4 is 4.74 Å². The number of halogens is 1. The lowest BCUT2D eigenvalue weighted by Crippen LogP contribution is -1.88. The summed E-state index contributed by atoms with van der Waals surface area (Å²) < 4.78 is 18.1. The highest BCUT2D eigenvalue weighted by Gasteiger charge is 2.00. The van der Waals surface area contributed by atoms with E-state index in [2.05, 4.69) is 0 Å². The first-order chi connectivity index (χ1) is 7.63. The summed E-state index contributed by atoms with van der Waals surface area (Å²) in [6.45, 7) is 1.52. The zero-order chi connectivity index (χ0) is 12.0. The summed E-state index contributed by atoms with van der Waals surface area (Å²) in [5.74, 6) is 0.889. The van der Waals surface area contributed by atoms with Gasteiger partial charge in [-0.25, -0.2) is 4.39 Å². The summed E-state index contributed by atoms with van der Waals surface area (Å²) in [4.78, 5) is 10.7. The van der Waals surface area contributed by atoms with Gasteiger partial charge in [-0.1, -0.05) is 23.9 Å². The maximum atomic E-state index is 13.0. The fraction of sp³-hybridized carbons (Fsp3) is 0.250. The molecule has 0 amide bonds. The van der Waals surface area contributed by atoms with Crippen molar-refractivity contribution in [1.82, 2.24) is 0 Å². The third-order valence-corrected chi connectivity index (χ3v) is 2.64. The maximum Gasteiger partial charge on any atom is 0.186 e. The first-order valence-corrected chi connectivity index (χ1v) is 5.75. The molecule has 86 valence electrons. The SMILES string of the molecule is COc1ccc(F)cc1C=CCSC(C)=O. The zero-order valence-electron chi connectivity index (χ0n) is 9.20. The molecule has 0 aromatic heterocycles. The number of benzene rings is 1. The maximum absolute atomic E-state index is 13.0. The first-order valence-electron chi connectivity index (χ1n) is 4.77. The van der Waals surface area contributed by atoms with E-state index in [1.807, 2.05) is 6.08 Å². The van der Waals surface area contributed by atoms with E-state index in [-0.39, 0.29) is 10.9 Å². The third kappa shape index (κ3) is 4.06. The minimum Gasteiger partial charge on any atom is -0.496 e. The molecule has 1 aromatic rings. The van der Waals surface area contributed by atoms with E-state index in [1.54, 1.807) is 12.1 Å². The molecule has 0 spiro atoms. The standard InChI is InChI=1S/C12H13FO2S/c1-9(14)16-7-3-4-10-8-11(13)5-6-12(10)15-2/h3-6,8H,7H2,1-2H3. The molecule has 0 saturated carbocycles. The van der Waals surface area contributed by atoms with Gasteiger partial charge in [0.25, 0.3) is 0 Å². The molecule has 1 rings (SSSR count). The van der Waals surface area contributed by atoms with Gasteiger partial charge in [-0.3, -0.25) is 4.79 Å². The van der Waals surface area contributed by atoms with Crippen LogP contribution in [0.3, 0.4) is 0 Å². The monoisotopic (exact) mass is 240 g/mol. The van der Waals surface area contributed by atoms with Crippen LogP contribution in [0.4, 0.5) is 4.39 Å². The normalized spacial score (nSPS) is 10.7. The van der Waals surface area contributed by atoms with Gasteiger partial charge in [0.2, 0.25) is 0 Å². The average Bonchev–Trinajstić information content (AvgIpc) is 2.24. The van der Waals surface area contributed by atoms with E-state index < -0.39 is 0 Å². The highest BCUT2D eigenvalue weighted by molar-refractivity contribution is 8.13. The van der Waals surface area contributed by atoms with E-state index >= 15 is 0 Å². The van der Waals surface area contributed by atoms with Gasteiger partial charge in [0.1, 0.15) is 11.6 Å². The van der Waals surface area contributed by atoms with E-state index in [0.717, 1.165) is 0 Å².